The van der Waals surface area contributed by atoms with Gasteiger partial charge in [0.25, 0.3) is 5.91 Å². The Hall–Kier alpha value is -2.26. The molecule has 100 valence electrons. The van der Waals surface area contributed by atoms with Gasteiger partial charge in [-0.05, 0) is 48.9 Å². The highest BCUT2D eigenvalue weighted by atomic mass is 35.5. The minimum atomic E-state index is -0.145. The molecule has 1 aromatic heterocycles. The van der Waals surface area contributed by atoms with Crippen molar-refractivity contribution in [3.63, 3.8) is 0 Å². The highest BCUT2D eigenvalue weighted by molar-refractivity contribution is 6.31. The van der Waals surface area contributed by atoms with E-state index in [0.29, 0.717) is 16.3 Å². The van der Waals surface area contributed by atoms with E-state index in [1.807, 2.05) is 43.5 Å². The molecule has 1 heterocycles. The van der Waals surface area contributed by atoms with Crippen molar-refractivity contribution in [2.75, 3.05) is 5.32 Å². The van der Waals surface area contributed by atoms with E-state index in [-0.39, 0.29) is 5.91 Å². The molecule has 0 aliphatic heterocycles. The fourth-order valence-electron chi connectivity index (χ4n) is 2.07. The summed E-state index contributed by atoms with van der Waals surface area (Å²) in [6.45, 7) is 1.92. The predicted octanol–water partition coefficient (Wildman–Crippen LogP) is 4.38. The van der Waals surface area contributed by atoms with Gasteiger partial charge in [0.1, 0.15) is 0 Å². The van der Waals surface area contributed by atoms with Crippen LogP contribution < -0.4 is 5.32 Å². The maximum atomic E-state index is 12.2. The fourth-order valence-corrected chi connectivity index (χ4v) is 2.25. The summed E-state index contributed by atoms with van der Waals surface area (Å²) in [4.78, 5) is 15.3. The Bertz CT molecular complexity index is 792. The van der Waals surface area contributed by atoms with Crippen LogP contribution in [0.15, 0.2) is 48.7 Å². The van der Waals surface area contributed by atoms with E-state index in [2.05, 4.69) is 10.3 Å². The Kier molecular flexibility index (Phi) is 3.20. The van der Waals surface area contributed by atoms with Crippen molar-refractivity contribution in [2.24, 2.45) is 0 Å². The quantitative estimate of drug-likeness (QED) is 0.720. The van der Waals surface area contributed by atoms with E-state index in [4.69, 9.17) is 11.6 Å². The summed E-state index contributed by atoms with van der Waals surface area (Å²) in [6, 6.07) is 13.0. The molecule has 20 heavy (non-hydrogen) atoms. The average Bonchev–Trinajstić information content (AvgIpc) is 2.90. The Morgan fingerprint density at radius 3 is 2.80 bits per heavy atom. The van der Waals surface area contributed by atoms with Crippen LogP contribution in [-0.2, 0) is 0 Å². The number of hydrogen-bond donors (Lipinski definition) is 2. The summed E-state index contributed by atoms with van der Waals surface area (Å²) in [7, 11) is 0. The number of anilines is 1. The number of H-pyrrole nitrogens is 1. The number of carbonyl (C=O) groups is 1. The molecular weight excluding hydrogens is 272 g/mol. The Balaban J connectivity index is 1.86. The number of fused-ring (bicyclic) bond motifs is 1. The van der Waals surface area contributed by atoms with Crippen LogP contribution in [0.2, 0.25) is 5.02 Å². The zero-order valence-electron chi connectivity index (χ0n) is 10.9. The highest BCUT2D eigenvalue weighted by Gasteiger charge is 2.08. The van der Waals surface area contributed by atoms with Crippen LogP contribution in [-0.4, -0.2) is 10.9 Å². The summed E-state index contributed by atoms with van der Waals surface area (Å²) in [5.41, 5.74) is 3.31. The van der Waals surface area contributed by atoms with Crippen LogP contribution in [0.3, 0.4) is 0 Å². The van der Waals surface area contributed by atoms with E-state index in [1.165, 1.54) is 0 Å². The number of carbonyl (C=O) groups excluding carboxylic acids is 1. The number of aromatic nitrogens is 1. The first-order valence-corrected chi connectivity index (χ1v) is 6.66. The molecule has 0 aliphatic carbocycles. The van der Waals surface area contributed by atoms with Gasteiger partial charge >= 0.3 is 0 Å². The molecule has 0 saturated heterocycles. The monoisotopic (exact) mass is 284 g/mol. The third-order valence-corrected chi connectivity index (χ3v) is 3.65. The molecule has 2 aromatic carbocycles. The molecule has 4 heteroatoms. The van der Waals surface area contributed by atoms with Crippen molar-refractivity contribution >= 4 is 34.1 Å². The maximum absolute atomic E-state index is 12.2. The first-order valence-electron chi connectivity index (χ1n) is 6.28. The molecule has 2 N–H and O–H groups in total. The topological polar surface area (TPSA) is 44.9 Å². The molecule has 3 nitrogen and oxygen atoms in total. The summed E-state index contributed by atoms with van der Waals surface area (Å²) in [6.07, 6.45) is 1.85. The minimum Gasteiger partial charge on any atom is -0.361 e. The van der Waals surface area contributed by atoms with Crippen molar-refractivity contribution in [3.05, 3.63) is 64.8 Å². The lowest BCUT2D eigenvalue weighted by Crippen LogP contribution is -2.11. The number of rotatable bonds is 2. The first kappa shape index (κ1) is 12.8. The van der Waals surface area contributed by atoms with Gasteiger partial charge in [-0.25, -0.2) is 0 Å². The van der Waals surface area contributed by atoms with Gasteiger partial charge in [-0.2, -0.15) is 0 Å². The molecule has 0 bridgehead atoms. The normalized spacial score (nSPS) is 10.7. The van der Waals surface area contributed by atoms with Crippen molar-refractivity contribution < 1.29 is 4.79 Å². The number of benzene rings is 2. The number of halogens is 1. The third kappa shape index (κ3) is 2.40. The largest absolute Gasteiger partial charge is 0.361 e. The number of aromatic amines is 1. The van der Waals surface area contributed by atoms with E-state index in [0.717, 1.165) is 16.5 Å². The lowest BCUT2D eigenvalue weighted by molar-refractivity contribution is 0.102. The van der Waals surface area contributed by atoms with Crippen LogP contribution in [0, 0.1) is 6.92 Å². The third-order valence-electron chi connectivity index (χ3n) is 3.25. The standard InChI is InChI=1S/C16H13ClN2O/c1-10-2-4-13(9-14(10)17)19-16(20)12-3-5-15-11(8-12)6-7-18-15/h2-9,18H,1H3,(H,19,20). The van der Waals surface area contributed by atoms with E-state index in [1.54, 1.807) is 12.1 Å². The molecule has 1 amide bonds. The van der Waals surface area contributed by atoms with Crippen LogP contribution in [0.1, 0.15) is 15.9 Å². The Morgan fingerprint density at radius 2 is 2.00 bits per heavy atom. The van der Waals surface area contributed by atoms with E-state index < -0.39 is 0 Å². The second kappa shape index (κ2) is 5.02. The molecule has 0 fully saturated rings. The Morgan fingerprint density at radius 1 is 1.15 bits per heavy atom. The molecule has 0 spiro atoms. The van der Waals surface area contributed by atoms with E-state index in [9.17, 15) is 4.79 Å². The summed E-state index contributed by atoms with van der Waals surface area (Å²) >= 11 is 6.05. The molecule has 0 aliphatic rings. The molecular formula is C16H13ClN2O. The van der Waals surface area contributed by atoms with Crippen molar-refractivity contribution in [3.8, 4) is 0 Å². The van der Waals surface area contributed by atoms with Gasteiger partial charge in [-0.1, -0.05) is 17.7 Å². The molecule has 3 aromatic rings. The van der Waals surface area contributed by atoms with Crippen molar-refractivity contribution in [1.82, 2.24) is 4.98 Å². The van der Waals surface area contributed by atoms with Crippen molar-refractivity contribution in [2.45, 2.75) is 6.92 Å². The zero-order valence-corrected chi connectivity index (χ0v) is 11.7. The number of nitrogens with one attached hydrogen (secondary N) is 2. The molecule has 0 saturated carbocycles. The van der Waals surface area contributed by atoms with Gasteiger partial charge in [-0.3, -0.25) is 4.79 Å². The molecule has 3 rings (SSSR count). The summed E-state index contributed by atoms with van der Waals surface area (Å²) in [5.74, 6) is -0.145. The van der Waals surface area contributed by atoms with Gasteiger partial charge in [0, 0.05) is 33.4 Å². The van der Waals surface area contributed by atoms with Gasteiger partial charge in [-0.15, -0.1) is 0 Å². The van der Waals surface area contributed by atoms with Crippen LogP contribution >= 0.6 is 11.6 Å². The fraction of sp³-hybridized carbons (Fsp3) is 0.0625. The van der Waals surface area contributed by atoms with E-state index >= 15 is 0 Å². The first-order chi connectivity index (χ1) is 9.63. The van der Waals surface area contributed by atoms with Crippen LogP contribution in [0.4, 0.5) is 5.69 Å². The van der Waals surface area contributed by atoms with Gasteiger partial charge in [0.05, 0.1) is 0 Å². The molecule has 0 unspecified atom stereocenters. The average molecular weight is 285 g/mol. The highest BCUT2D eigenvalue weighted by Crippen LogP contribution is 2.21. The maximum Gasteiger partial charge on any atom is 0.255 e. The molecule has 0 atom stereocenters. The van der Waals surface area contributed by atoms with Gasteiger partial charge in [0.2, 0.25) is 0 Å². The summed E-state index contributed by atoms with van der Waals surface area (Å²) in [5, 5.41) is 4.51. The van der Waals surface area contributed by atoms with Crippen LogP contribution in [0.5, 0.6) is 0 Å². The number of hydrogen-bond acceptors (Lipinski definition) is 1. The second-order valence-corrected chi connectivity index (χ2v) is 5.10. The predicted molar refractivity (Wildman–Crippen MR) is 82.4 cm³/mol. The minimum absolute atomic E-state index is 0.145. The van der Waals surface area contributed by atoms with Gasteiger partial charge < -0.3 is 10.3 Å². The lowest BCUT2D eigenvalue weighted by atomic mass is 10.1. The lowest BCUT2D eigenvalue weighted by Gasteiger charge is -2.07. The van der Waals surface area contributed by atoms with Crippen LogP contribution in [0.25, 0.3) is 10.9 Å². The smallest absolute Gasteiger partial charge is 0.255 e. The molecule has 0 radical (unpaired) electrons. The van der Waals surface area contributed by atoms with Gasteiger partial charge in [0.15, 0.2) is 0 Å². The number of aryl methyl sites for hydroxylation is 1. The Labute approximate surface area is 121 Å². The second-order valence-electron chi connectivity index (χ2n) is 4.70. The SMILES string of the molecule is Cc1ccc(NC(=O)c2ccc3[nH]ccc3c2)cc1Cl. The van der Waals surface area contributed by atoms with Crippen molar-refractivity contribution in [1.29, 1.82) is 0 Å². The zero-order chi connectivity index (χ0) is 14.1. The number of amides is 1. The summed E-state index contributed by atoms with van der Waals surface area (Å²) < 4.78 is 0.